The highest BCUT2D eigenvalue weighted by atomic mass is 35.5. The summed E-state index contributed by atoms with van der Waals surface area (Å²) in [6.07, 6.45) is 11.7. The van der Waals surface area contributed by atoms with Gasteiger partial charge in [0.1, 0.15) is 6.61 Å². The Morgan fingerprint density at radius 1 is 1.25 bits per heavy atom. The molecule has 2 bridgehead atoms. The average molecular weight is 399 g/mol. The van der Waals surface area contributed by atoms with Gasteiger partial charge in [-0.1, -0.05) is 29.7 Å². The van der Waals surface area contributed by atoms with E-state index in [1.807, 2.05) is 19.1 Å². The predicted molar refractivity (Wildman–Crippen MR) is 104 cm³/mol. The Hall–Kier alpha value is -2.78. The van der Waals surface area contributed by atoms with Crippen LogP contribution in [-0.4, -0.2) is 36.3 Å². The van der Waals surface area contributed by atoms with E-state index in [2.05, 4.69) is 11.0 Å². The van der Waals surface area contributed by atoms with Crippen LogP contribution in [0.3, 0.4) is 0 Å². The van der Waals surface area contributed by atoms with Gasteiger partial charge in [0.2, 0.25) is 0 Å². The zero-order valence-electron chi connectivity index (χ0n) is 15.3. The van der Waals surface area contributed by atoms with Gasteiger partial charge in [-0.05, 0) is 42.9 Å². The van der Waals surface area contributed by atoms with E-state index in [0.717, 1.165) is 11.4 Å². The molecule has 2 aliphatic carbocycles. The number of carbonyl (C=O) groups excluding carboxylic acids is 2. The molecule has 1 aromatic carbocycles. The maximum Gasteiger partial charge on any atom is 0.254 e. The number of fused-ring (bicyclic) bond motifs is 5. The number of amides is 2. The topological polar surface area (TPSA) is 68.2 Å². The molecule has 1 aromatic rings. The van der Waals surface area contributed by atoms with Crippen LogP contribution in [0, 0.1) is 36.0 Å². The maximum atomic E-state index is 12.7. The van der Waals surface area contributed by atoms with Crippen LogP contribution in [0.2, 0.25) is 5.02 Å². The summed E-state index contributed by atoms with van der Waals surface area (Å²) in [5.41, 5.74) is 0.584. The van der Waals surface area contributed by atoms with E-state index in [1.54, 1.807) is 12.1 Å². The molecule has 1 heterocycles. The number of allylic oxidation sites excluding steroid dienone is 2. The minimum atomic E-state index is -0.276. The quantitative estimate of drug-likeness (QED) is 0.320. The van der Waals surface area contributed by atoms with Crippen molar-refractivity contribution in [2.75, 3.05) is 13.2 Å². The predicted octanol–water partition coefficient (Wildman–Crippen LogP) is 2.89. The molecule has 7 heteroatoms. The van der Waals surface area contributed by atoms with Crippen LogP contribution in [0.1, 0.15) is 18.9 Å². The third-order valence-electron chi connectivity index (χ3n) is 5.40. The van der Waals surface area contributed by atoms with Gasteiger partial charge in [0.05, 0.1) is 29.7 Å². The largest absolute Gasteiger partial charge is 0.490 e. The average Bonchev–Trinajstić information content (AvgIpc) is 3.34. The van der Waals surface area contributed by atoms with Gasteiger partial charge in [-0.2, -0.15) is 10.1 Å². The highest BCUT2D eigenvalue weighted by Gasteiger charge is 2.59. The number of halogens is 1. The molecule has 3 aliphatic rings. The molecule has 144 valence electrons. The molecule has 4 rings (SSSR count). The molecule has 1 saturated carbocycles. The number of hydrogen-bond donors (Lipinski definition) is 0. The SMILES string of the molecule is C#CCOc1c(Cl)cc(/C=N\N2C(=O)[C@@H]3[C@@H](C2=O)[C@H]2C=C[C@H]3C2)cc1OCC. The lowest BCUT2D eigenvalue weighted by Gasteiger charge is -2.13. The minimum Gasteiger partial charge on any atom is -0.490 e. The summed E-state index contributed by atoms with van der Waals surface area (Å²) < 4.78 is 11.0. The van der Waals surface area contributed by atoms with Gasteiger partial charge in [-0.3, -0.25) is 9.59 Å². The first-order chi connectivity index (χ1) is 13.5. The van der Waals surface area contributed by atoms with Gasteiger partial charge in [-0.15, -0.1) is 6.42 Å². The second kappa shape index (κ2) is 7.33. The van der Waals surface area contributed by atoms with Crippen molar-refractivity contribution < 1.29 is 19.1 Å². The Bertz CT molecular complexity index is 903. The normalized spacial score (nSPS) is 27.5. The van der Waals surface area contributed by atoms with Crippen molar-refractivity contribution in [3.63, 3.8) is 0 Å². The van der Waals surface area contributed by atoms with Crippen molar-refractivity contribution in [2.24, 2.45) is 28.8 Å². The van der Waals surface area contributed by atoms with E-state index in [4.69, 9.17) is 27.5 Å². The van der Waals surface area contributed by atoms with Crippen LogP contribution in [-0.2, 0) is 9.59 Å². The summed E-state index contributed by atoms with van der Waals surface area (Å²) in [5, 5.41) is 5.47. The monoisotopic (exact) mass is 398 g/mol. The summed E-state index contributed by atoms with van der Waals surface area (Å²) in [6.45, 7) is 2.30. The van der Waals surface area contributed by atoms with Crippen molar-refractivity contribution in [3.05, 3.63) is 34.9 Å². The number of carbonyl (C=O) groups is 2. The Labute approximate surface area is 168 Å². The molecule has 4 atom stereocenters. The molecule has 0 aromatic heterocycles. The molecule has 2 fully saturated rings. The molecule has 28 heavy (non-hydrogen) atoms. The van der Waals surface area contributed by atoms with E-state index in [0.29, 0.717) is 28.7 Å². The molecule has 0 radical (unpaired) electrons. The number of hydrazone groups is 1. The summed E-state index contributed by atoms with van der Waals surface area (Å²) in [6, 6.07) is 3.30. The van der Waals surface area contributed by atoms with Crippen LogP contribution in [0.15, 0.2) is 29.4 Å². The molecule has 6 nitrogen and oxygen atoms in total. The van der Waals surface area contributed by atoms with Gasteiger partial charge in [0.25, 0.3) is 11.8 Å². The minimum absolute atomic E-state index is 0.0587. The third kappa shape index (κ3) is 2.96. The van der Waals surface area contributed by atoms with Crippen LogP contribution in [0.5, 0.6) is 11.5 Å². The number of benzene rings is 1. The number of hydrogen-bond acceptors (Lipinski definition) is 5. The fourth-order valence-corrected chi connectivity index (χ4v) is 4.58. The standard InChI is InChI=1S/C21H19ClN2O4/c1-3-7-28-19-15(22)8-12(9-16(19)27-4-2)11-23-24-20(25)17-13-5-6-14(10-13)18(17)21(24)26/h1,5-6,8-9,11,13-14,17-18H,4,7,10H2,2H3/b23-11-/t13-,14-,17-,18-/m0/s1. The maximum absolute atomic E-state index is 12.7. The number of terminal acetylenes is 1. The summed E-state index contributed by atoms with van der Waals surface area (Å²) in [5.74, 6) is 2.45. The van der Waals surface area contributed by atoms with Gasteiger partial charge < -0.3 is 9.47 Å². The smallest absolute Gasteiger partial charge is 0.254 e. The lowest BCUT2D eigenvalue weighted by molar-refractivity contribution is -0.140. The van der Waals surface area contributed by atoms with Gasteiger partial charge in [0.15, 0.2) is 11.5 Å². The highest BCUT2D eigenvalue weighted by molar-refractivity contribution is 6.32. The van der Waals surface area contributed by atoms with Gasteiger partial charge in [0, 0.05) is 0 Å². The molecular weight excluding hydrogens is 380 g/mol. The molecule has 1 saturated heterocycles. The number of ether oxygens (including phenoxy) is 2. The van der Waals surface area contributed by atoms with Crippen LogP contribution >= 0.6 is 11.6 Å². The zero-order valence-corrected chi connectivity index (χ0v) is 16.1. The lowest BCUT2D eigenvalue weighted by Crippen LogP contribution is -2.28. The van der Waals surface area contributed by atoms with Crippen molar-refractivity contribution in [1.82, 2.24) is 5.01 Å². The van der Waals surface area contributed by atoms with E-state index in [-0.39, 0.29) is 42.1 Å². The second-order valence-electron chi connectivity index (χ2n) is 6.99. The molecule has 0 spiro atoms. The Balaban J connectivity index is 1.57. The van der Waals surface area contributed by atoms with Crippen LogP contribution in [0.4, 0.5) is 0 Å². The second-order valence-corrected chi connectivity index (χ2v) is 7.40. The van der Waals surface area contributed by atoms with Crippen molar-refractivity contribution in [1.29, 1.82) is 0 Å². The van der Waals surface area contributed by atoms with E-state index in [9.17, 15) is 9.59 Å². The Morgan fingerprint density at radius 2 is 1.93 bits per heavy atom. The number of imide groups is 1. The number of rotatable bonds is 6. The van der Waals surface area contributed by atoms with E-state index >= 15 is 0 Å². The van der Waals surface area contributed by atoms with Gasteiger partial charge in [-0.25, -0.2) is 0 Å². The molecule has 1 aliphatic heterocycles. The lowest BCUT2D eigenvalue weighted by atomic mass is 9.85. The van der Waals surface area contributed by atoms with Crippen LogP contribution in [0.25, 0.3) is 0 Å². The summed E-state index contributed by atoms with van der Waals surface area (Å²) >= 11 is 6.29. The highest BCUT2D eigenvalue weighted by Crippen LogP contribution is 2.52. The third-order valence-corrected chi connectivity index (χ3v) is 5.68. The molecular formula is C21H19ClN2O4. The van der Waals surface area contributed by atoms with Crippen molar-refractivity contribution in [2.45, 2.75) is 13.3 Å². The van der Waals surface area contributed by atoms with Gasteiger partial charge >= 0.3 is 0 Å². The molecule has 0 N–H and O–H groups in total. The molecule has 0 unspecified atom stereocenters. The van der Waals surface area contributed by atoms with Crippen molar-refractivity contribution >= 4 is 29.6 Å². The summed E-state index contributed by atoms with van der Waals surface area (Å²) in [7, 11) is 0. The first kappa shape index (κ1) is 18.6. The summed E-state index contributed by atoms with van der Waals surface area (Å²) in [4.78, 5) is 25.4. The van der Waals surface area contributed by atoms with Crippen molar-refractivity contribution in [3.8, 4) is 23.8 Å². The zero-order chi connectivity index (χ0) is 19.8. The first-order valence-electron chi connectivity index (χ1n) is 9.17. The van der Waals surface area contributed by atoms with E-state index < -0.39 is 0 Å². The Kier molecular flexibility index (Phi) is 4.86. The fourth-order valence-electron chi connectivity index (χ4n) is 4.30. The van der Waals surface area contributed by atoms with E-state index in [1.165, 1.54) is 6.21 Å². The molecule has 2 amide bonds. The fraction of sp³-hybridized carbons (Fsp3) is 0.381. The first-order valence-corrected chi connectivity index (χ1v) is 9.55. The Morgan fingerprint density at radius 3 is 2.54 bits per heavy atom. The number of nitrogens with zero attached hydrogens (tertiary/aromatic N) is 2. The van der Waals surface area contributed by atoms with Crippen LogP contribution < -0.4 is 9.47 Å².